The van der Waals surface area contributed by atoms with Crippen LogP contribution in [0, 0.1) is 13.8 Å². The SMILES string of the molecule is CC(=O)Nc1c(C)n[nH]c1C. The average Bonchev–Trinajstić information content (AvgIpc) is 2.18. The lowest BCUT2D eigenvalue weighted by atomic mass is 10.3. The number of nitrogens with zero attached hydrogens (tertiary/aromatic N) is 1. The monoisotopic (exact) mass is 153 g/mol. The maximum absolute atomic E-state index is 10.7. The van der Waals surface area contributed by atoms with Gasteiger partial charge in [0.25, 0.3) is 0 Å². The van der Waals surface area contributed by atoms with Crippen molar-refractivity contribution in [1.29, 1.82) is 0 Å². The molecule has 60 valence electrons. The standard InChI is InChI=1S/C7H11N3O/c1-4-7(8-6(3)11)5(2)10-9-4/h1-3H3,(H,8,11)(H,9,10). The Kier molecular flexibility index (Phi) is 1.94. The lowest BCUT2D eigenvalue weighted by molar-refractivity contribution is -0.114. The van der Waals surface area contributed by atoms with Gasteiger partial charge in [-0.1, -0.05) is 0 Å². The third-order valence-electron chi connectivity index (χ3n) is 1.43. The summed E-state index contributed by atoms with van der Waals surface area (Å²) in [6, 6.07) is 0. The molecule has 0 aromatic carbocycles. The van der Waals surface area contributed by atoms with Gasteiger partial charge in [0, 0.05) is 6.92 Å². The number of hydrogen-bond acceptors (Lipinski definition) is 2. The zero-order chi connectivity index (χ0) is 8.43. The molecule has 1 heterocycles. The van der Waals surface area contributed by atoms with Crippen LogP contribution in [0.4, 0.5) is 5.69 Å². The predicted octanol–water partition coefficient (Wildman–Crippen LogP) is 0.985. The van der Waals surface area contributed by atoms with Crippen LogP contribution in [0.15, 0.2) is 0 Å². The summed E-state index contributed by atoms with van der Waals surface area (Å²) in [6.07, 6.45) is 0. The molecular formula is C7H11N3O. The predicted molar refractivity (Wildman–Crippen MR) is 42.4 cm³/mol. The van der Waals surface area contributed by atoms with E-state index in [9.17, 15) is 4.79 Å². The van der Waals surface area contributed by atoms with Gasteiger partial charge in [0.1, 0.15) is 0 Å². The first-order valence-electron chi connectivity index (χ1n) is 3.40. The Morgan fingerprint density at radius 2 is 2.18 bits per heavy atom. The fourth-order valence-corrected chi connectivity index (χ4v) is 0.911. The van der Waals surface area contributed by atoms with Crippen molar-refractivity contribution >= 4 is 11.6 Å². The average molecular weight is 153 g/mol. The smallest absolute Gasteiger partial charge is 0.221 e. The Bertz CT molecular complexity index is 258. The first kappa shape index (κ1) is 7.78. The highest BCUT2D eigenvalue weighted by Gasteiger charge is 2.05. The molecule has 0 saturated heterocycles. The molecule has 0 atom stereocenters. The van der Waals surface area contributed by atoms with Gasteiger partial charge in [-0.15, -0.1) is 0 Å². The fraction of sp³-hybridized carbons (Fsp3) is 0.429. The molecule has 0 spiro atoms. The maximum atomic E-state index is 10.7. The van der Waals surface area contributed by atoms with Crippen LogP contribution < -0.4 is 5.32 Å². The zero-order valence-electron chi connectivity index (χ0n) is 6.86. The Morgan fingerprint density at radius 1 is 1.55 bits per heavy atom. The second kappa shape index (κ2) is 2.74. The molecule has 0 saturated carbocycles. The lowest BCUT2D eigenvalue weighted by Crippen LogP contribution is -2.06. The summed E-state index contributed by atoms with van der Waals surface area (Å²) in [7, 11) is 0. The van der Waals surface area contributed by atoms with Crippen molar-refractivity contribution in [3.8, 4) is 0 Å². The highest BCUT2D eigenvalue weighted by molar-refractivity contribution is 5.89. The number of anilines is 1. The van der Waals surface area contributed by atoms with Crippen molar-refractivity contribution in [2.45, 2.75) is 20.8 Å². The van der Waals surface area contributed by atoms with E-state index in [0.717, 1.165) is 17.1 Å². The van der Waals surface area contributed by atoms with E-state index >= 15 is 0 Å². The molecule has 0 fully saturated rings. The van der Waals surface area contributed by atoms with Gasteiger partial charge in [-0.05, 0) is 13.8 Å². The van der Waals surface area contributed by atoms with Gasteiger partial charge < -0.3 is 5.32 Å². The number of carbonyl (C=O) groups is 1. The van der Waals surface area contributed by atoms with Gasteiger partial charge in [0.05, 0.1) is 17.1 Å². The van der Waals surface area contributed by atoms with E-state index in [1.54, 1.807) is 0 Å². The first-order chi connectivity index (χ1) is 5.11. The van der Waals surface area contributed by atoms with E-state index in [-0.39, 0.29) is 5.91 Å². The number of aryl methyl sites for hydroxylation is 2. The topological polar surface area (TPSA) is 57.8 Å². The van der Waals surface area contributed by atoms with E-state index in [1.807, 2.05) is 13.8 Å². The normalized spacial score (nSPS) is 9.73. The number of carbonyl (C=O) groups excluding carboxylic acids is 1. The molecule has 0 radical (unpaired) electrons. The summed E-state index contributed by atoms with van der Waals surface area (Å²) in [5.74, 6) is -0.0717. The van der Waals surface area contributed by atoms with Gasteiger partial charge in [-0.3, -0.25) is 9.89 Å². The molecule has 1 aromatic rings. The Morgan fingerprint density at radius 3 is 2.55 bits per heavy atom. The molecule has 0 bridgehead atoms. The lowest BCUT2D eigenvalue weighted by Gasteiger charge is -1.99. The van der Waals surface area contributed by atoms with E-state index in [2.05, 4.69) is 15.5 Å². The Labute approximate surface area is 65.0 Å². The molecule has 0 aliphatic carbocycles. The van der Waals surface area contributed by atoms with E-state index in [1.165, 1.54) is 6.92 Å². The van der Waals surface area contributed by atoms with Gasteiger partial charge >= 0.3 is 0 Å². The Balaban J connectivity index is 2.92. The van der Waals surface area contributed by atoms with Crippen LogP contribution in [0.1, 0.15) is 18.3 Å². The summed E-state index contributed by atoms with van der Waals surface area (Å²) in [5.41, 5.74) is 2.49. The van der Waals surface area contributed by atoms with Crippen LogP contribution >= 0.6 is 0 Å². The van der Waals surface area contributed by atoms with Crippen molar-refractivity contribution < 1.29 is 4.79 Å². The maximum Gasteiger partial charge on any atom is 0.221 e. The molecule has 0 aliphatic rings. The van der Waals surface area contributed by atoms with Crippen molar-refractivity contribution in [3.63, 3.8) is 0 Å². The summed E-state index contributed by atoms with van der Waals surface area (Å²) in [4.78, 5) is 10.7. The van der Waals surface area contributed by atoms with Gasteiger partial charge in [-0.2, -0.15) is 5.10 Å². The van der Waals surface area contributed by atoms with Crippen LogP contribution in [-0.2, 0) is 4.79 Å². The van der Waals surface area contributed by atoms with Crippen LogP contribution in [0.25, 0.3) is 0 Å². The largest absolute Gasteiger partial charge is 0.323 e. The minimum absolute atomic E-state index is 0.0717. The minimum atomic E-state index is -0.0717. The van der Waals surface area contributed by atoms with Gasteiger partial charge in [0.2, 0.25) is 5.91 Å². The molecule has 0 aliphatic heterocycles. The van der Waals surface area contributed by atoms with Crippen molar-refractivity contribution in [2.24, 2.45) is 0 Å². The van der Waals surface area contributed by atoms with Gasteiger partial charge in [0.15, 0.2) is 0 Å². The molecule has 1 aromatic heterocycles. The molecule has 1 amide bonds. The molecule has 2 N–H and O–H groups in total. The van der Waals surface area contributed by atoms with Crippen LogP contribution in [0.3, 0.4) is 0 Å². The number of H-pyrrole nitrogens is 1. The third kappa shape index (κ3) is 1.58. The number of aromatic amines is 1. The molecule has 1 rings (SSSR count). The van der Waals surface area contributed by atoms with E-state index in [0.29, 0.717) is 0 Å². The number of nitrogens with one attached hydrogen (secondary N) is 2. The third-order valence-corrected chi connectivity index (χ3v) is 1.43. The van der Waals surface area contributed by atoms with Crippen LogP contribution in [0.5, 0.6) is 0 Å². The minimum Gasteiger partial charge on any atom is -0.323 e. The second-order valence-corrected chi connectivity index (χ2v) is 2.49. The first-order valence-corrected chi connectivity index (χ1v) is 3.40. The van der Waals surface area contributed by atoms with Crippen molar-refractivity contribution in [2.75, 3.05) is 5.32 Å². The molecule has 4 heteroatoms. The summed E-state index contributed by atoms with van der Waals surface area (Å²) >= 11 is 0. The molecular weight excluding hydrogens is 142 g/mol. The molecule has 0 unspecified atom stereocenters. The summed E-state index contributed by atoms with van der Waals surface area (Å²) < 4.78 is 0. The van der Waals surface area contributed by atoms with E-state index < -0.39 is 0 Å². The fourth-order valence-electron chi connectivity index (χ4n) is 0.911. The summed E-state index contributed by atoms with van der Waals surface area (Å²) in [5, 5.41) is 9.40. The van der Waals surface area contributed by atoms with Crippen molar-refractivity contribution in [3.05, 3.63) is 11.4 Å². The quantitative estimate of drug-likeness (QED) is 0.632. The van der Waals surface area contributed by atoms with Crippen molar-refractivity contribution in [1.82, 2.24) is 10.2 Å². The Hall–Kier alpha value is -1.32. The number of rotatable bonds is 1. The molecule has 11 heavy (non-hydrogen) atoms. The van der Waals surface area contributed by atoms with E-state index in [4.69, 9.17) is 0 Å². The molecule has 4 nitrogen and oxygen atoms in total. The number of hydrogen-bond donors (Lipinski definition) is 2. The van der Waals surface area contributed by atoms with Gasteiger partial charge in [-0.25, -0.2) is 0 Å². The highest BCUT2D eigenvalue weighted by atomic mass is 16.1. The summed E-state index contributed by atoms with van der Waals surface area (Å²) in [6.45, 7) is 5.19. The second-order valence-electron chi connectivity index (χ2n) is 2.49. The number of aromatic nitrogens is 2. The highest BCUT2D eigenvalue weighted by Crippen LogP contribution is 2.15. The van der Waals surface area contributed by atoms with Crippen LogP contribution in [-0.4, -0.2) is 16.1 Å². The zero-order valence-corrected chi connectivity index (χ0v) is 6.86. The van der Waals surface area contributed by atoms with Crippen LogP contribution in [0.2, 0.25) is 0 Å². The number of amides is 1.